The predicted octanol–water partition coefficient (Wildman–Crippen LogP) is 2.45. The average Bonchev–Trinajstić information content (AvgIpc) is 2.25. The van der Waals surface area contributed by atoms with E-state index < -0.39 is 18.1 Å². The first-order valence-electron chi connectivity index (χ1n) is 4.81. The number of fused-ring (bicyclic) bond motifs is 1. The Morgan fingerprint density at radius 3 is 2.72 bits per heavy atom. The summed E-state index contributed by atoms with van der Waals surface area (Å²) in [6, 6.07) is 3.47. The molecule has 0 aliphatic carbocycles. The molecule has 1 aliphatic heterocycles. The number of alkyl halides is 3. The van der Waals surface area contributed by atoms with Gasteiger partial charge in [0.2, 0.25) is 0 Å². The van der Waals surface area contributed by atoms with E-state index in [0.717, 1.165) is 12.1 Å². The molecule has 1 aromatic carbocycles. The van der Waals surface area contributed by atoms with Crippen molar-refractivity contribution in [3.05, 3.63) is 29.3 Å². The van der Waals surface area contributed by atoms with Gasteiger partial charge in [0, 0.05) is 5.56 Å². The van der Waals surface area contributed by atoms with Gasteiger partial charge in [-0.15, -0.1) is 13.2 Å². The van der Waals surface area contributed by atoms with Crippen LogP contribution in [0.2, 0.25) is 0 Å². The lowest BCUT2D eigenvalue weighted by molar-refractivity contribution is -0.274. The highest BCUT2D eigenvalue weighted by Crippen LogP contribution is 2.32. The van der Waals surface area contributed by atoms with Gasteiger partial charge in [0.15, 0.2) is 0 Å². The van der Waals surface area contributed by atoms with Gasteiger partial charge in [-0.25, -0.2) is 4.79 Å². The summed E-state index contributed by atoms with van der Waals surface area (Å²) in [7, 11) is 0. The standard InChI is InChI=1S/C11H7F3O4/c12-11(13,14)18-8-1-2-9-6(4-8)3-7(5-17-9)10(15)16/h1-4H,5H2,(H,15,16). The fourth-order valence-electron chi connectivity index (χ4n) is 1.48. The lowest BCUT2D eigenvalue weighted by Crippen LogP contribution is -2.18. The van der Waals surface area contributed by atoms with Crippen molar-refractivity contribution < 1.29 is 32.5 Å². The van der Waals surface area contributed by atoms with E-state index in [2.05, 4.69) is 4.74 Å². The third-order valence-corrected chi connectivity index (χ3v) is 2.20. The first-order chi connectivity index (χ1) is 8.35. The fourth-order valence-corrected chi connectivity index (χ4v) is 1.48. The zero-order chi connectivity index (χ0) is 13.3. The van der Waals surface area contributed by atoms with Crippen LogP contribution in [0.5, 0.6) is 11.5 Å². The van der Waals surface area contributed by atoms with Crippen LogP contribution in [0.3, 0.4) is 0 Å². The highest BCUT2D eigenvalue weighted by atomic mass is 19.4. The van der Waals surface area contributed by atoms with E-state index in [1.807, 2.05) is 0 Å². The van der Waals surface area contributed by atoms with E-state index in [0.29, 0.717) is 5.75 Å². The van der Waals surface area contributed by atoms with Gasteiger partial charge < -0.3 is 14.6 Å². The molecule has 1 aliphatic rings. The number of halogens is 3. The summed E-state index contributed by atoms with van der Waals surface area (Å²) in [4.78, 5) is 10.7. The summed E-state index contributed by atoms with van der Waals surface area (Å²) < 4.78 is 44.9. The summed E-state index contributed by atoms with van der Waals surface area (Å²) in [6.07, 6.45) is -3.53. The maximum absolute atomic E-state index is 12.0. The van der Waals surface area contributed by atoms with Crippen molar-refractivity contribution in [3.63, 3.8) is 0 Å². The Hall–Kier alpha value is -2.18. The van der Waals surface area contributed by atoms with Gasteiger partial charge in [-0.2, -0.15) is 0 Å². The molecule has 96 valence electrons. The first kappa shape index (κ1) is 12.3. The number of ether oxygens (including phenoxy) is 2. The van der Waals surface area contributed by atoms with E-state index in [9.17, 15) is 18.0 Å². The maximum Gasteiger partial charge on any atom is 0.573 e. The number of rotatable bonds is 2. The molecule has 1 heterocycles. The van der Waals surface area contributed by atoms with Crippen LogP contribution < -0.4 is 9.47 Å². The van der Waals surface area contributed by atoms with Crippen LogP contribution in [0, 0.1) is 0 Å². The number of carboxylic acid groups (broad SMARTS) is 1. The molecule has 2 rings (SSSR count). The summed E-state index contributed by atoms with van der Waals surface area (Å²) in [5.41, 5.74) is 0.201. The smallest absolute Gasteiger partial charge is 0.488 e. The summed E-state index contributed by atoms with van der Waals surface area (Å²) in [5, 5.41) is 8.76. The van der Waals surface area contributed by atoms with Crippen molar-refractivity contribution in [1.29, 1.82) is 0 Å². The van der Waals surface area contributed by atoms with Crippen LogP contribution in [0.15, 0.2) is 23.8 Å². The fraction of sp³-hybridized carbons (Fsp3) is 0.182. The summed E-state index contributed by atoms with van der Waals surface area (Å²) in [5.74, 6) is -1.29. The number of hydrogen-bond donors (Lipinski definition) is 1. The van der Waals surface area contributed by atoms with Gasteiger partial charge in [0.25, 0.3) is 0 Å². The van der Waals surface area contributed by atoms with E-state index in [1.54, 1.807) is 0 Å². The molecule has 0 amide bonds. The normalized spacial score (nSPS) is 14.3. The van der Waals surface area contributed by atoms with Crippen LogP contribution in [0.1, 0.15) is 5.56 Å². The summed E-state index contributed by atoms with van der Waals surface area (Å²) in [6.45, 7) is -0.123. The largest absolute Gasteiger partial charge is 0.573 e. The molecule has 4 nitrogen and oxygen atoms in total. The van der Waals surface area contributed by atoms with Gasteiger partial charge in [-0.05, 0) is 24.3 Å². The van der Waals surface area contributed by atoms with Crippen molar-refractivity contribution in [2.75, 3.05) is 6.61 Å². The SMILES string of the molecule is O=C(O)C1=Cc2cc(OC(F)(F)F)ccc2OC1. The maximum atomic E-state index is 12.0. The van der Waals surface area contributed by atoms with Crippen LogP contribution in [-0.4, -0.2) is 24.0 Å². The zero-order valence-corrected chi connectivity index (χ0v) is 8.82. The number of aliphatic carboxylic acids is 1. The van der Waals surface area contributed by atoms with Gasteiger partial charge in [0.1, 0.15) is 18.1 Å². The van der Waals surface area contributed by atoms with E-state index >= 15 is 0 Å². The third-order valence-electron chi connectivity index (χ3n) is 2.20. The van der Waals surface area contributed by atoms with Gasteiger partial charge in [0.05, 0.1) is 5.57 Å². The second kappa shape index (κ2) is 4.25. The second-order valence-electron chi connectivity index (χ2n) is 3.51. The highest BCUT2D eigenvalue weighted by Gasteiger charge is 2.31. The first-order valence-corrected chi connectivity index (χ1v) is 4.81. The van der Waals surface area contributed by atoms with Crippen LogP contribution in [-0.2, 0) is 4.79 Å². The molecular weight excluding hydrogens is 253 g/mol. The Balaban J connectivity index is 2.32. The molecule has 7 heteroatoms. The number of benzene rings is 1. The summed E-state index contributed by atoms with van der Waals surface area (Å²) >= 11 is 0. The van der Waals surface area contributed by atoms with E-state index in [-0.39, 0.29) is 17.7 Å². The number of carbonyl (C=O) groups is 1. The molecule has 0 bridgehead atoms. The third kappa shape index (κ3) is 2.73. The lowest BCUT2D eigenvalue weighted by atomic mass is 10.1. The van der Waals surface area contributed by atoms with Crippen molar-refractivity contribution in [2.45, 2.75) is 6.36 Å². The molecule has 0 atom stereocenters. The molecule has 18 heavy (non-hydrogen) atoms. The Bertz CT molecular complexity index is 520. The molecule has 0 radical (unpaired) electrons. The van der Waals surface area contributed by atoms with Crippen molar-refractivity contribution >= 4 is 12.0 Å². The predicted molar refractivity (Wildman–Crippen MR) is 54.2 cm³/mol. The monoisotopic (exact) mass is 260 g/mol. The minimum absolute atomic E-state index is 0.0355. The van der Waals surface area contributed by atoms with E-state index in [4.69, 9.17) is 9.84 Å². The van der Waals surface area contributed by atoms with Crippen molar-refractivity contribution in [1.82, 2.24) is 0 Å². The minimum atomic E-state index is -4.79. The van der Waals surface area contributed by atoms with Crippen LogP contribution in [0.25, 0.3) is 6.08 Å². The second-order valence-corrected chi connectivity index (χ2v) is 3.51. The molecular formula is C11H7F3O4. The van der Waals surface area contributed by atoms with Crippen molar-refractivity contribution in [2.24, 2.45) is 0 Å². The highest BCUT2D eigenvalue weighted by molar-refractivity contribution is 5.93. The van der Waals surface area contributed by atoms with Crippen LogP contribution >= 0.6 is 0 Å². The van der Waals surface area contributed by atoms with Gasteiger partial charge >= 0.3 is 12.3 Å². The quantitative estimate of drug-likeness (QED) is 0.887. The Morgan fingerprint density at radius 1 is 1.39 bits per heavy atom. The lowest BCUT2D eigenvalue weighted by Gasteiger charge is -2.17. The average molecular weight is 260 g/mol. The number of carboxylic acids is 1. The number of hydrogen-bond acceptors (Lipinski definition) is 3. The molecule has 0 saturated heterocycles. The Kier molecular flexibility index (Phi) is 2.90. The molecule has 1 aromatic rings. The zero-order valence-electron chi connectivity index (χ0n) is 8.82. The molecule has 0 saturated carbocycles. The van der Waals surface area contributed by atoms with Gasteiger partial charge in [-0.1, -0.05) is 0 Å². The molecule has 0 spiro atoms. The Morgan fingerprint density at radius 2 is 2.11 bits per heavy atom. The van der Waals surface area contributed by atoms with Crippen molar-refractivity contribution in [3.8, 4) is 11.5 Å². The van der Waals surface area contributed by atoms with E-state index in [1.165, 1.54) is 12.1 Å². The van der Waals surface area contributed by atoms with Crippen LogP contribution in [0.4, 0.5) is 13.2 Å². The molecule has 0 unspecified atom stereocenters. The van der Waals surface area contributed by atoms with Gasteiger partial charge in [-0.3, -0.25) is 0 Å². The molecule has 0 aromatic heterocycles. The molecule has 0 fully saturated rings. The minimum Gasteiger partial charge on any atom is -0.488 e. The topological polar surface area (TPSA) is 55.8 Å². The Labute approximate surface area is 99.2 Å². The molecule has 1 N–H and O–H groups in total.